The molecule has 3 aromatic carbocycles. The lowest BCUT2D eigenvalue weighted by Crippen LogP contribution is -2.28. The van der Waals surface area contributed by atoms with Crippen LogP contribution in [0.2, 0.25) is 0 Å². The van der Waals surface area contributed by atoms with Crippen LogP contribution in [0.4, 0.5) is 14.9 Å². The SMILES string of the molecule is CCCN(CCCCCCCCCN(C)Cc1cc(F)ccc1O)CCCOC(=O)Nc1ccccc1-c1ccccc1. The number of amides is 1. The van der Waals surface area contributed by atoms with Crippen molar-refractivity contribution in [3.05, 3.63) is 84.2 Å². The Balaban J connectivity index is 1.22. The van der Waals surface area contributed by atoms with Crippen LogP contribution in [0.3, 0.4) is 0 Å². The zero-order valence-corrected chi connectivity index (χ0v) is 26.1. The van der Waals surface area contributed by atoms with Gasteiger partial charge in [0.2, 0.25) is 0 Å². The van der Waals surface area contributed by atoms with Gasteiger partial charge >= 0.3 is 6.09 Å². The quantitative estimate of drug-likeness (QED) is 0.129. The highest BCUT2D eigenvalue weighted by Gasteiger charge is 2.10. The van der Waals surface area contributed by atoms with E-state index in [4.69, 9.17) is 4.74 Å². The van der Waals surface area contributed by atoms with Crippen molar-refractivity contribution in [3.8, 4) is 16.9 Å². The van der Waals surface area contributed by atoms with Gasteiger partial charge in [0.05, 0.1) is 12.3 Å². The number of phenolic OH excluding ortho intramolecular Hbond substituents is 1. The van der Waals surface area contributed by atoms with E-state index in [1.807, 2.05) is 61.6 Å². The van der Waals surface area contributed by atoms with Crippen LogP contribution in [0.1, 0.15) is 70.3 Å². The number of nitrogens with one attached hydrogen (secondary N) is 1. The largest absolute Gasteiger partial charge is 0.508 e. The van der Waals surface area contributed by atoms with Crippen LogP contribution >= 0.6 is 0 Å². The van der Waals surface area contributed by atoms with Crippen LogP contribution in [0, 0.1) is 5.82 Å². The van der Waals surface area contributed by atoms with Crippen LogP contribution in [-0.4, -0.2) is 60.8 Å². The topological polar surface area (TPSA) is 65.0 Å². The van der Waals surface area contributed by atoms with Gasteiger partial charge in [0, 0.05) is 24.2 Å². The molecule has 0 aliphatic carbocycles. The van der Waals surface area contributed by atoms with Crippen LogP contribution < -0.4 is 5.32 Å². The van der Waals surface area contributed by atoms with Gasteiger partial charge in [-0.25, -0.2) is 9.18 Å². The second-order valence-electron chi connectivity index (χ2n) is 11.4. The molecule has 0 unspecified atom stereocenters. The molecule has 1 amide bonds. The van der Waals surface area contributed by atoms with Crippen molar-refractivity contribution in [2.45, 2.75) is 71.3 Å². The van der Waals surface area contributed by atoms with Crippen LogP contribution in [0.25, 0.3) is 11.1 Å². The summed E-state index contributed by atoms with van der Waals surface area (Å²) in [5.74, 6) is -0.155. The van der Waals surface area contributed by atoms with Crippen molar-refractivity contribution < 1.29 is 19.0 Å². The van der Waals surface area contributed by atoms with Gasteiger partial charge in [-0.3, -0.25) is 5.32 Å². The average Bonchev–Trinajstić information content (AvgIpc) is 3.01. The Morgan fingerprint density at radius 1 is 0.814 bits per heavy atom. The van der Waals surface area contributed by atoms with E-state index in [0.717, 1.165) is 62.3 Å². The van der Waals surface area contributed by atoms with Crippen LogP contribution in [-0.2, 0) is 11.3 Å². The van der Waals surface area contributed by atoms with E-state index >= 15 is 0 Å². The normalized spacial score (nSPS) is 11.3. The molecule has 3 aromatic rings. The van der Waals surface area contributed by atoms with E-state index in [1.165, 1.54) is 56.7 Å². The molecule has 0 heterocycles. The number of nitrogens with zero attached hydrogens (tertiary/aromatic N) is 2. The first-order valence-electron chi connectivity index (χ1n) is 15.9. The molecular formula is C36H50FN3O3. The number of unbranched alkanes of at least 4 members (excludes halogenated alkanes) is 6. The van der Waals surface area contributed by atoms with Gasteiger partial charge in [-0.15, -0.1) is 0 Å². The zero-order valence-electron chi connectivity index (χ0n) is 26.1. The predicted molar refractivity (Wildman–Crippen MR) is 175 cm³/mol. The number of phenols is 1. The molecule has 0 atom stereocenters. The first-order chi connectivity index (χ1) is 21.0. The molecule has 0 aromatic heterocycles. The number of para-hydroxylation sites is 1. The van der Waals surface area contributed by atoms with Crippen molar-refractivity contribution in [3.63, 3.8) is 0 Å². The highest BCUT2D eigenvalue weighted by atomic mass is 19.1. The molecule has 2 N–H and O–H groups in total. The third-order valence-electron chi connectivity index (χ3n) is 7.64. The van der Waals surface area contributed by atoms with Gasteiger partial charge in [-0.2, -0.15) is 0 Å². The molecule has 6 nitrogen and oxygen atoms in total. The Hall–Kier alpha value is -3.42. The van der Waals surface area contributed by atoms with Gasteiger partial charge in [0.15, 0.2) is 0 Å². The zero-order chi connectivity index (χ0) is 30.7. The summed E-state index contributed by atoms with van der Waals surface area (Å²) in [5, 5.41) is 12.8. The molecule has 0 aliphatic heterocycles. The van der Waals surface area contributed by atoms with Gasteiger partial charge in [0.25, 0.3) is 0 Å². The van der Waals surface area contributed by atoms with E-state index in [1.54, 1.807) is 0 Å². The molecule has 0 radical (unpaired) electrons. The summed E-state index contributed by atoms with van der Waals surface area (Å²) >= 11 is 0. The van der Waals surface area contributed by atoms with Gasteiger partial charge in [-0.1, -0.05) is 87.6 Å². The smallest absolute Gasteiger partial charge is 0.411 e. The van der Waals surface area contributed by atoms with Gasteiger partial charge in [-0.05, 0) is 82.2 Å². The first-order valence-corrected chi connectivity index (χ1v) is 15.9. The van der Waals surface area contributed by atoms with Crippen molar-refractivity contribution in [1.29, 1.82) is 0 Å². The highest BCUT2D eigenvalue weighted by molar-refractivity contribution is 5.91. The highest BCUT2D eigenvalue weighted by Crippen LogP contribution is 2.27. The summed E-state index contributed by atoms with van der Waals surface area (Å²) < 4.78 is 18.9. The van der Waals surface area contributed by atoms with E-state index in [-0.39, 0.29) is 11.6 Å². The number of rotatable bonds is 20. The Labute approximate surface area is 257 Å². The van der Waals surface area contributed by atoms with E-state index in [9.17, 15) is 14.3 Å². The number of aromatic hydroxyl groups is 1. The first kappa shape index (κ1) is 34.1. The number of anilines is 1. The fraction of sp³-hybridized carbons (Fsp3) is 0.472. The number of carbonyl (C=O) groups excluding carboxylic acids is 1. The maximum absolute atomic E-state index is 13.4. The molecule has 0 aliphatic rings. The molecule has 234 valence electrons. The maximum Gasteiger partial charge on any atom is 0.411 e. The van der Waals surface area contributed by atoms with E-state index in [0.29, 0.717) is 18.7 Å². The predicted octanol–water partition coefficient (Wildman–Crippen LogP) is 8.71. The summed E-state index contributed by atoms with van der Waals surface area (Å²) in [6.07, 6.45) is 9.97. The van der Waals surface area contributed by atoms with E-state index < -0.39 is 6.09 Å². The second-order valence-corrected chi connectivity index (χ2v) is 11.4. The molecular weight excluding hydrogens is 541 g/mol. The molecule has 0 saturated carbocycles. The minimum atomic E-state index is -0.414. The number of benzene rings is 3. The number of hydrogen-bond acceptors (Lipinski definition) is 5. The third-order valence-corrected chi connectivity index (χ3v) is 7.64. The Morgan fingerprint density at radius 3 is 2.21 bits per heavy atom. The summed E-state index contributed by atoms with van der Waals surface area (Å²) in [4.78, 5) is 17.1. The fourth-order valence-electron chi connectivity index (χ4n) is 5.36. The molecule has 3 rings (SSSR count). The van der Waals surface area contributed by atoms with Crippen LogP contribution in [0.15, 0.2) is 72.8 Å². The van der Waals surface area contributed by atoms with Crippen molar-refractivity contribution in [2.75, 3.05) is 45.2 Å². The lowest BCUT2D eigenvalue weighted by molar-refractivity contribution is 0.151. The molecule has 0 spiro atoms. The van der Waals surface area contributed by atoms with E-state index in [2.05, 4.69) is 22.0 Å². The Morgan fingerprint density at radius 2 is 1.47 bits per heavy atom. The van der Waals surface area contributed by atoms with Crippen molar-refractivity contribution in [2.24, 2.45) is 0 Å². The maximum atomic E-state index is 13.4. The number of ether oxygens (including phenoxy) is 1. The molecule has 0 saturated heterocycles. The Kier molecular flexibility index (Phi) is 15.6. The second kappa shape index (κ2) is 19.7. The minimum absolute atomic E-state index is 0.156. The molecule has 0 fully saturated rings. The summed E-state index contributed by atoms with van der Waals surface area (Å²) in [7, 11) is 2.01. The summed E-state index contributed by atoms with van der Waals surface area (Å²) in [6, 6.07) is 21.9. The molecule has 7 heteroatoms. The molecule has 43 heavy (non-hydrogen) atoms. The minimum Gasteiger partial charge on any atom is -0.508 e. The Bertz CT molecular complexity index is 1210. The lowest BCUT2D eigenvalue weighted by Gasteiger charge is -2.21. The average molecular weight is 592 g/mol. The van der Waals surface area contributed by atoms with Crippen molar-refractivity contribution >= 4 is 11.8 Å². The molecule has 0 bridgehead atoms. The number of hydrogen-bond donors (Lipinski definition) is 2. The standard InChI is InChI=1S/C36H50FN3O3/c1-3-23-40(25-15-8-6-4-5-7-14-24-39(2)29-31-28-32(37)21-22-35(31)41)26-16-27-43-36(42)38-34-20-13-12-19-33(34)30-17-10-9-11-18-30/h9-13,17-22,28,41H,3-8,14-16,23-27,29H2,1-2H3,(H,38,42). The van der Waals surface area contributed by atoms with Crippen molar-refractivity contribution in [1.82, 2.24) is 9.80 Å². The lowest BCUT2D eigenvalue weighted by atomic mass is 10.0. The van der Waals surface area contributed by atoms with Gasteiger partial charge < -0.3 is 19.6 Å². The van der Waals surface area contributed by atoms with Gasteiger partial charge in [0.1, 0.15) is 11.6 Å². The number of carbonyl (C=O) groups is 1. The fourth-order valence-corrected chi connectivity index (χ4v) is 5.36. The summed E-state index contributed by atoms with van der Waals surface area (Å²) in [6.45, 7) is 7.19. The monoisotopic (exact) mass is 591 g/mol. The third kappa shape index (κ3) is 13.2. The van der Waals surface area contributed by atoms with Crippen LogP contribution in [0.5, 0.6) is 5.75 Å². The summed E-state index contributed by atoms with van der Waals surface area (Å²) in [5.41, 5.74) is 3.42. The number of halogens is 1.